The molecular formula is C13H18N2O3. The van der Waals surface area contributed by atoms with Crippen molar-refractivity contribution in [3.63, 3.8) is 0 Å². The number of carbonyl (C=O) groups is 1. The van der Waals surface area contributed by atoms with Crippen LogP contribution in [0.15, 0.2) is 12.1 Å². The maximum Gasteiger partial charge on any atom is 0.335 e. The van der Waals surface area contributed by atoms with Crippen LogP contribution < -0.4 is 5.32 Å². The molecule has 1 fully saturated rings. The molecule has 5 nitrogen and oxygen atoms in total. The van der Waals surface area contributed by atoms with E-state index in [2.05, 4.69) is 10.3 Å². The van der Waals surface area contributed by atoms with Crippen LogP contribution >= 0.6 is 0 Å². The zero-order valence-electron chi connectivity index (χ0n) is 10.5. The normalized spacial score (nSPS) is 14.5. The highest BCUT2D eigenvalue weighted by Crippen LogP contribution is 2.28. The van der Waals surface area contributed by atoms with Crippen molar-refractivity contribution in [1.29, 1.82) is 0 Å². The third kappa shape index (κ3) is 4.00. The Morgan fingerprint density at radius 2 is 2.33 bits per heavy atom. The Morgan fingerprint density at radius 3 is 3.00 bits per heavy atom. The van der Waals surface area contributed by atoms with Gasteiger partial charge in [0.15, 0.2) is 0 Å². The van der Waals surface area contributed by atoms with Gasteiger partial charge in [-0.05, 0) is 37.8 Å². The number of hydrogen-bond acceptors (Lipinski definition) is 4. The fourth-order valence-electron chi connectivity index (χ4n) is 1.67. The lowest BCUT2D eigenvalue weighted by atomic mass is 10.2. The van der Waals surface area contributed by atoms with Gasteiger partial charge in [0.1, 0.15) is 5.82 Å². The third-order valence-electron chi connectivity index (χ3n) is 2.80. The Kier molecular flexibility index (Phi) is 4.15. The molecule has 0 amide bonds. The Balaban J connectivity index is 1.78. The number of aromatic carboxylic acids is 1. The van der Waals surface area contributed by atoms with Gasteiger partial charge in [-0.15, -0.1) is 0 Å². The van der Waals surface area contributed by atoms with Gasteiger partial charge in [0, 0.05) is 18.8 Å². The first kappa shape index (κ1) is 12.8. The summed E-state index contributed by atoms with van der Waals surface area (Å²) >= 11 is 0. The van der Waals surface area contributed by atoms with Crippen LogP contribution in [0.1, 0.15) is 28.9 Å². The van der Waals surface area contributed by atoms with E-state index in [0.717, 1.165) is 12.5 Å². The van der Waals surface area contributed by atoms with E-state index in [1.807, 2.05) is 0 Å². The molecule has 0 aromatic carbocycles. The number of carboxylic acid groups (broad SMARTS) is 1. The molecule has 0 aliphatic heterocycles. The van der Waals surface area contributed by atoms with Gasteiger partial charge in [0.2, 0.25) is 0 Å². The first-order valence-electron chi connectivity index (χ1n) is 6.19. The second-order valence-corrected chi connectivity index (χ2v) is 4.63. The van der Waals surface area contributed by atoms with Gasteiger partial charge >= 0.3 is 5.97 Å². The molecule has 2 rings (SSSR count). The number of pyridine rings is 1. The minimum atomic E-state index is -0.937. The van der Waals surface area contributed by atoms with Crippen LogP contribution in [0.2, 0.25) is 0 Å². The molecule has 1 heterocycles. The first-order valence-corrected chi connectivity index (χ1v) is 6.19. The fourth-order valence-corrected chi connectivity index (χ4v) is 1.67. The van der Waals surface area contributed by atoms with Crippen LogP contribution in [0.25, 0.3) is 0 Å². The number of anilines is 1. The molecule has 2 N–H and O–H groups in total. The highest BCUT2D eigenvalue weighted by molar-refractivity contribution is 5.88. The van der Waals surface area contributed by atoms with Gasteiger partial charge in [-0.2, -0.15) is 0 Å². The van der Waals surface area contributed by atoms with E-state index in [-0.39, 0.29) is 5.56 Å². The summed E-state index contributed by atoms with van der Waals surface area (Å²) in [4.78, 5) is 15.1. The van der Waals surface area contributed by atoms with Crippen molar-refractivity contribution < 1.29 is 14.6 Å². The van der Waals surface area contributed by atoms with Crippen molar-refractivity contribution >= 4 is 11.8 Å². The Morgan fingerprint density at radius 1 is 1.56 bits per heavy atom. The number of aromatic nitrogens is 1. The molecule has 1 aliphatic carbocycles. The van der Waals surface area contributed by atoms with Gasteiger partial charge < -0.3 is 15.2 Å². The number of nitrogens with one attached hydrogen (secondary N) is 1. The largest absolute Gasteiger partial charge is 0.478 e. The maximum atomic E-state index is 10.9. The van der Waals surface area contributed by atoms with Crippen LogP contribution in [0.5, 0.6) is 0 Å². The molecular weight excluding hydrogens is 232 g/mol. The molecule has 0 bridgehead atoms. The summed E-state index contributed by atoms with van der Waals surface area (Å²) in [6, 6.07) is 3.09. The van der Waals surface area contributed by atoms with Gasteiger partial charge in [-0.3, -0.25) is 0 Å². The standard InChI is InChI=1S/C13H18N2O3/c1-9-6-11(13(16)17)7-12(15-9)14-4-5-18-8-10-2-3-10/h6-7,10H,2-5,8H2,1H3,(H,14,15)(H,16,17). The van der Waals surface area contributed by atoms with Crippen LogP contribution in [0, 0.1) is 12.8 Å². The van der Waals surface area contributed by atoms with Gasteiger partial charge in [0.05, 0.1) is 12.2 Å². The van der Waals surface area contributed by atoms with Crippen molar-refractivity contribution in [3.8, 4) is 0 Å². The average Bonchev–Trinajstić information content (AvgIpc) is 3.12. The molecule has 1 aromatic heterocycles. The summed E-state index contributed by atoms with van der Waals surface area (Å²) in [7, 11) is 0. The molecule has 1 aliphatic rings. The molecule has 0 spiro atoms. The number of rotatable bonds is 7. The lowest BCUT2D eigenvalue weighted by Crippen LogP contribution is -2.12. The third-order valence-corrected chi connectivity index (χ3v) is 2.80. The van der Waals surface area contributed by atoms with E-state index in [1.54, 1.807) is 13.0 Å². The maximum absolute atomic E-state index is 10.9. The zero-order chi connectivity index (χ0) is 13.0. The Hall–Kier alpha value is -1.62. The van der Waals surface area contributed by atoms with E-state index in [9.17, 15) is 4.79 Å². The number of hydrogen-bond donors (Lipinski definition) is 2. The average molecular weight is 250 g/mol. The number of nitrogens with zero attached hydrogens (tertiary/aromatic N) is 1. The van der Waals surface area contributed by atoms with Crippen molar-refractivity contribution in [1.82, 2.24) is 4.98 Å². The summed E-state index contributed by atoms with van der Waals surface area (Å²) in [5.41, 5.74) is 0.945. The molecule has 1 saturated carbocycles. The lowest BCUT2D eigenvalue weighted by molar-refractivity contribution is 0.0696. The lowest BCUT2D eigenvalue weighted by Gasteiger charge is -2.08. The van der Waals surface area contributed by atoms with E-state index < -0.39 is 5.97 Å². The predicted octanol–water partition coefficient (Wildman–Crippen LogP) is 1.93. The molecule has 0 saturated heterocycles. The molecule has 18 heavy (non-hydrogen) atoms. The summed E-state index contributed by atoms with van der Waals surface area (Å²) in [5.74, 6) is 0.414. The van der Waals surface area contributed by atoms with Gasteiger partial charge in [0.25, 0.3) is 0 Å². The highest BCUT2D eigenvalue weighted by atomic mass is 16.5. The van der Waals surface area contributed by atoms with Crippen LogP contribution in [0.3, 0.4) is 0 Å². The second kappa shape index (κ2) is 5.82. The van der Waals surface area contributed by atoms with Crippen molar-refractivity contribution in [2.45, 2.75) is 19.8 Å². The minimum Gasteiger partial charge on any atom is -0.478 e. The molecule has 0 radical (unpaired) electrons. The van der Waals surface area contributed by atoms with Gasteiger partial charge in [-0.1, -0.05) is 0 Å². The van der Waals surface area contributed by atoms with Crippen molar-refractivity contribution in [3.05, 3.63) is 23.4 Å². The SMILES string of the molecule is Cc1cc(C(=O)O)cc(NCCOCC2CC2)n1. The van der Waals surface area contributed by atoms with E-state index in [4.69, 9.17) is 9.84 Å². The smallest absolute Gasteiger partial charge is 0.335 e. The van der Waals surface area contributed by atoms with Crippen molar-refractivity contribution in [2.75, 3.05) is 25.1 Å². The molecule has 0 atom stereocenters. The van der Waals surface area contributed by atoms with Crippen LogP contribution in [-0.2, 0) is 4.74 Å². The van der Waals surface area contributed by atoms with E-state index in [1.165, 1.54) is 18.9 Å². The fraction of sp³-hybridized carbons (Fsp3) is 0.538. The van der Waals surface area contributed by atoms with Crippen LogP contribution in [-0.4, -0.2) is 35.8 Å². The Bertz CT molecular complexity index is 430. The zero-order valence-corrected chi connectivity index (χ0v) is 10.5. The van der Waals surface area contributed by atoms with E-state index in [0.29, 0.717) is 24.7 Å². The van der Waals surface area contributed by atoms with Crippen molar-refractivity contribution in [2.24, 2.45) is 5.92 Å². The molecule has 1 aromatic rings. The molecule has 5 heteroatoms. The second-order valence-electron chi connectivity index (χ2n) is 4.63. The number of carboxylic acids is 1. The Labute approximate surface area is 106 Å². The monoisotopic (exact) mass is 250 g/mol. The molecule has 0 unspecified atom stereocenters. The molecule has 98 valence electrons. The summed E-state index contributed by atoms with van der Waals surface area (Å²) < 4.78 is 5.48. The first-order chi connectivity index (χ1) is 8.65. The quantitative estimate of drug-likeness (QED) is 0.723. The van der Waals surface area contributed by atoms with Crippen LogP contribution in [0.4, 0.5) is 5.82 Å². The highest BCUT2D eigenvalue weighted by Gasteiger charge is 2.20. The predicted molar refractivity (Wildman–Crippen MR) is 68.0 cm³/mol. The minimum absolute atomic E-state index is 0.254. The summed E-state index contributed by atoms with van der Waals surface area (Å²) in [5, 5.41) is 12.0. The van der Waals surface area contributed by atoms with Gasteiger partial charge in [-0.25, -0.2) is 9.78 Å². The number of ether oxygens (including phenoxy) is 1. The number of aryl methyl sites for hydroxylation is 1. The summed E-state index contributed by atoms with van der Waals surface area (Å²) in [6.45, 7) is 3.88. The topological polar surface area (TPSA) is 71.5 Å². The van der Waals surface area contributed by atoms with E-state index >= 15 is 0 Å². The summed E-state index contributed by atoms with van der Waals surface area (Å²) in [6.07, 6.45) is 2.57.